The summed E-state index contributed by atoms with van der Waals surface area (Å²) in [6.45, 7) is 0. The van der Waals surface area contributed by atoms with Crippen LogP contribution >= 0.6 is 0 Å². The smallest absolute Gasteiger partial charge is 1.00 e. The van der Waals surface area contributed by atoms with Gasteiger partial charge in [0.15, 0.2) is 6.10 Å². The van der Waals surface area contributed by atoms with Crippen LogP contribution in [0, 0.1) is 0 Å². The van der Waals surface area contributed by atoms with Gasteiger partial charge in [0.1, 0.15) is 0 Å². The summed E-state index contributed by atoms with van der Waals surface area (Å²) in [4.78, 5) is 19.4. The van der Waals surface area contributed by atoms with Gasteiger partial charge in [-0.2, -0.15) is 0 Å². The summed E-state index contributed by atoms with van der Waals surface area (Å²) >= 11 is 0. The Bertz CT molecular complexity index is 138. The zero-order chi connectivity index (χ0) is 7.44. The van der Waals surface area contributed by atoms with E-state index >= 15 is 0 Å². The van der Waals surface area contributed by atoms with Crippen molar-refractivity contribution in [3.05, 3.63) is 0 Å². The number of carbonyl (C=O) groups is 2. The van der Waals surface area contributed by atoms with Gasteiger partial charge in [0.25, 0.3) is 0 Å². The second kappa shape index (κ2) is 6.20. The Morgan fingerprint density at radius 2 is 1.80 bits per heavy atom. The molecule has 0 aromatic carbocycles. The molecule has 0 amide bonds. The van der Waals surface area contributed by atoms with Gasteiger partial charge in [0, 0.05) is 0 Å². The molecule has 6 heteroatoms. The standard InChI is InChI=1S/C4H6O5.Ba.2H/c5-2(4(8)9)1-3(6)7;;;/h2,5H,1H2,(H,6,7)(H,8,9);;;/p+1. The molecule has 5 nitrogen and oxygen atoms in total. The number of hydrogen-bond acceptors (Lipinski definition) is 3. The summed E-state index contributed by atoms with van der Waals surface area (Å²) in [7, 11) is 0. The summed E-state index contributed by atoms with van der Waals surface area (Å²) in [5.74, 6) is -2.85. The number of aliphatic hydroxyl groups is 1. The Kier molecular flexibility index (Phi) is 8.11. The zero-order valence-corrected chi connectivity index (χ0v) is 4.44. The summed E-state index contributed by atoms with van der Waals surface area (Å²) in [5, 5.41) is 24.1. The van der Waals surface area contributed by atoms with E-state index in [-0.39, 0.29) is 50.3 Å². The molecular formula is C4H9BaO5+. The molecule has 0 saturated carbocycles. The minimum atomic E-state index is -1.79. The Morgan fingerprint density at radius 1 is 1.40 bits per heavy atom. The number of hydrogen-bond donors (Lipinski definition) is 3. The summed E-state index contributed by atoms with van der Waals surface area (Å²) in [5.41, 5.74) is 0. The molecule has 0 bridgehead atoms. The second-order valence-corrected chi connectivity index (χ2v) is 1.45. The first-order valence-corrected chi connectivity index (χ1v) is 2.16. The quantitative estimate of drug-likeness (QED) is 0.523. The topological polar surface area (TPSA) is 94.8 Å². The van der Waals surface area contributed by atoms with Gasteiger partial charge in [-0.25, -0.2) is 4.79 Å². The van der Waals surface area contributed by atoms with E-state index < -0.39 is 24.5 Å². The second-order valence-electron chi connectivity index (χ2n) is 1.45. The molecule has 0 heterocycles. The van der Waals surface area contributed by atoms with Gasteiger partial charge in [-0.1, -0.05) is 0 Å². The van der Waals surface area contributed by atoms with Crippen LogP contribution in [0.25, 0.3) is 0 Å². The Morgan fingerprint density at radius 3 is 1.90 bits per heavy atom. The van der Waals surface area contributed by atoms with Crippen molar-refractivity contribution >= 4 is 60.8 Å². The fraction of sp³-hybridized carbons (Fsp3) is 0.500. The molecule has 3 N–H and O–H groups in total. The molecule has 10 heavy (non-hydrogen) atoms. The third-order valence-electron chi connectivity index (χ3n) is 0.653. The van der Waals surface area contributed by atoms with E-state index in [1.54, 1.807) is 0 Å². The molecule has 0 aliphatic heterocycles. The maximum atomic E-state index is 9.72. The zero-order valence-electron chi connectivity index (χ0n) is 5.44. The predicted octanol–water partition coefficient (Wildman–Crippen LogP) is -1.90. The number of rotatable bonds is 3. The molecule has 0 saturated heterocycles. The molecule has 0 aromatic rings. The molecule has 0 aromatic heterocycles. The molecule has 1 atom stereocenters. The van der Waals surface area contributed by atoms with Crippen molar-refractivity contribution in [2.45, 2.75) is 12.5 Å². The van der Waals surface area contributed by atoms with Gasteiger partial charge in [-0.3, -0.25) is 4.79 Å². The van der Waals surface area contributed by atoms with Gasteiger partial charge in [0.2, 0.25) is 0 Å². The summed E-state index contributed by atoms with van der Waals surface area (Å²) < 4.78 is 0. The normalized spacial score (nSPS) is 11.3. The monoisotopic (exact) mass is 275 g/mol. The first-order chi connectivity index (χ1) is 4.04. The van der Waals surface area contributed by atoms with Crippen LogP contribution in [0.15, 0.2) is 0 Å². The van der Waals surface area contributed by atoms with Gasteiger partial charge in [-0.05, 0) is 0 Å². The van der Waals surface area contributed by atoms with Gasteiger partial charge in [-0.15, -0.1) is 0 Å². The third-order valence-corrected chi connectivity index (χ3v) is 0.653. The van der Waals surface area contributed by atoms with Crippen LogP contribution in [0.2, 0.25) is 0 Å². The molecule has 56 valence electrons. The molecule has 1 unspecified atom stereocenters. The van der Waals surface area contributed by atoms with Crippen molar-refractivity contribution in [1.82, 2.24) is 0 Å². The van der Waals surface area contributed by atoms with Gasteiger partial charge < -0.3 is 15.3 Å². The van der Waals surface area contributed by atoms with Crippen molar-refractivity contribution in [3.63, 3.8) is 0 Å². The summed E-state index contributed by atoms with van der Waals surface area (Å²) in [6, 6.07) is 0. The van der Waals surface area contributed by atoms with Crippen LogP contribution in [0.1, 0.15) is 7.85 Å². The molecule has 0 spiro atoms. The SMILES string of the molecule is O=C(O)CC(O)C(=O)O.[BaH2].[H+]. The molecule has 0 aliphatic carbocycles. The molecule has 0 aliphatic rings. The van der Waals surface area contributed by atoms with Crippen LogP contribution in [-0.4, -0.2) is 82.2 Å². The Balaban J connectivity index is -0.000000320. The predicted molar refractivity (Wildman–Crippen MR) is 35.6 cm³/mol. The number of carboxylic acid groups (broad SMARTS) is 2. The van der Waals surface area contributed by atoms with E-state index in [0.717, 1.165) is 0 Å². The van der Waals surface area contributed by atoms with Crippen molar-refractivity contribution in [1.29, 1.82) is 0 Å². The fourth-order valence-corrected chi connectivity index (χ4v) is 0.253. The number of aliphatic hydroxyl groups excluding tert-OH is 1. The molecule has 0 radical (unpaired) electrons. The largest absolute Gasteiger partial charge is 1.00 e. The van der Waals surface area contributed by atoms with Crippen molar-refractivity contribution in [2.24, 2.45) is 0 Å². The van der Waals surface area contributed by atoms with Crippen molar-refractivity contribution in [2.75, 3.05) is 0 Å². The van der Waals surface area contributed by atoms with E-state index in [9.17, 15) is 9.59 Å². The minimum absolute atomic E-state index is 0. The minimum Gasteiger partial charge on any atom is 1.00 e. The van der Waals surface area contributed by atoms with Crippen molar-refractivity contribution in [3.8, 4) is 0 Å². The van der Waals surface area contributed by atoms with Gasteiger partial charge >= 0.3 is 62.2 Å². The number of carboxylic acids is 2. The molecular weight excluding hydrogens is 265 g/mol. The van der Waals surface area contributed by atoms with E-state index in [0.29, 0.717) is 0 Å². The first-order valence-electron chi connectivity index (χ1n) is 2.16. The maximum Gasteiger partial charge on any atom is 1.00 e. The average molecular weight is 274 g/mol. The van der Waals surface area contributed by atoms with E-state index in [1.807, 2.05) is 0 Å². The van der Waals surface area contributed by atoms with Crippen LogP contribution in [0.4, 0.5) is 0 Å². The average Bonchev–Trinajstić information content (AvgIpc) is 1.63. The first kappa shape index (κ1) is 13.1. The molecule has 0 fully saturated rings. The van der Waals surface area contributed by atoms with E-state index in [4.69, 9.17) is 15.3 Å². The van der Waals surface area contributed by atoms with Crippen LogP contribution in [-0.2, 0) is 9.59 Å². The maximum absolute atomic E-state index is 9.72. The Hall–Kier alpha value is 0.471. The fourth-order valence-electron chi connectivity index (χ4n) is 0.253. The van der Waals surface area contributed by atoms with Crippen LogP contribution in [0.3, 0.4) is 0 Å². The Labute approximate surface area is 98.6 Å². The number of aliphatic carboxylic acids is 2. The molecule has 0 rings (SSSR count). The van der Waals surface area contributed by atoms with E-state index in [2.05, 4.69) is 0 Å². The van der Waals surface area contributed by atoms with Crippen LogP contribution in [0.5, 0.6) is 0 Å². The van der Waals surface area contributed by atoms with Crippen LogP contribution < -0.4 is 0 Å². The third kappa shape index (κ3) is 6.59. The summed E-state index contributed by atoms with van der Waals surface area (Å²) in [6.07, 6.45) is -2.54. The van der Waals surface area contributed by atoms with Gasteiger partial charge in [0.05, 0.1) is 6.42 Å². The van der Waals surface area contributed by atoms with Crippen molar-refractivity contribution < 1.29 is 26.3 Å². The van der Waals surface area contributed by atoms with E-state index in [1.165, 1.54) is 0 Å².